The molecule has 10 heteroatoms. The largest absolute Gasteiger partial charge is 0.489 e. The number of nitro benzene ring substituents is 1. The van der Waals surface area contributed by atoms with Crippen LogP contribution >= 0.6 is 23.4 Å². The Morgan fingerprint density at radius 2 is 1.79 bits per heavy atom. The number of nitro groups is 1. The van der Waals surface area contributed by atoms with Crippen molar-refractivity contribution in [3.05, 3.63) is 109 Å². The quantitative estimate of drug-likeness (QED) is 0.219. The fraction of sp³-hybridized carbons (Fsp3) is 0.0833. The van der Waals surface area contributed by atoms with Crippen LogP contribution in [0.3, 0.4) is 0 Å². The zero-order valence-electron chi connectivity index (χ0n) is 17.4. The number of nitrogens with zero attached hydrogens (tertiary/aromatic N) is 2. The molecule has 0 atom stereocenters. The minimum atomic E-state index is -0.591. The SMILES string of the molecule is O=C1S/C(=C\c2ccc(OCc3ccccc3[N+](=O)[O-])cc2)C(=O)N1Cc1c(F)cccc1Cl. The molecule has 0 aliphatic carbocycles. The average Bonchev–Trinajstić information content (AvgIpc) is 3.08. The standard InChI is InChI=1S/C24H16ClFN2O5S/c25-19-5-3-6-20(26)18(19)13-27-23(29)22(34-24(27)30)12-15-8-10-17(11-9-15)33-14-16-4-1-2-7-21(16)28(31)32/h1-12H,13-14H2/b22-12-. The van der Waals surface area contributed by atoms with Gasteiger partial charge in [0.2, 0.25) is 0 Å². The molecule has 0 aromatic heterocycles. The second-order valence-corrected chi connectivity index (χ2v) is 8.61. The van der Waals surface area contributed by atoms with Gasteiger partial charge in [0.05, 0.1) is 21.9 Å². The van der Waals surface area contributed by atoms with Gasteiger partial charge in [0.15, 0.2) is 0 Å². The molecule has 172 valence electrons. The number of para-hydroxylation sites is 1. The lowest BCUT2D eigenvalue weighted by Crippen LogP contribution is -2.28. The molecule has 0 saturated carbocycles. The molecular formula is C24H16ClFN2O5S. The van der Waals surface area contributed by atoms with Crippen molar-refractivity contribution in [1.82, 2.24) is 4.90 Å². The van der Waals surface area contributed by atoms with Crippen molar-refractivity contribution in [2.75, 3.05) is 0 Å². The predicted molar refractivity (Wildman–Crippen MR) is 127 cm³/mol. The van der Waals surface area contributed by atoms with Crippen LogP contribution in [0.25, 0.3) is 6.08 Å². The monoisotopic (exact) mass is 498 g/mol. The molecule has 1 fully saturated rings. The lowest BCUT2D eigenvalue weighted by Gasteiger charge is -2.14. The number of hydrogen-bond acceptors (Lipinski definition) is 6. The molecule has 3 aromatic carbocycles. The summed E-state index contributed by atoms with van der Waals surface area (Å²) in [6.07, 6.45) is 1.56. The number of carbonyl (C=O) groups is 2. The van der Waals surface area contributed by atoms with Crippen LogP contribution in [0.15, 0.2) is 71.6 Å². The van der Waals surface area contributed by atoms with Gasteiger partial charge in [-0.15, -0.1) is 0 Å². The van der Waals surface area contributed by atoms with Crippen molar-refractivity contribution in [2.24, 2.45) is 0 Å². The van der Waals surface area contributed by atoms with E-state index in [1.165, 1.54) is 24.3 Å². The van der Waals surface area contributed by atoms with Crippen LogP contribution in [0.1, 0.15) is 16.7 Å². The molecule has 0 unspecified atom stereocenters. The third kappa shape index (κ3) is 5.11. The molecule has 0 N–H and O–H groups in total. The summed E-state index contributed by atoms with van der Waals surface area (Å²) in [7, 11) is 0. The van der Waals surface area contributed by atoms with Gasteiger partial charge in [-0.1, -0.05) is 41.9 Å². The lowest BCUT2D eigenvalue weighted by molar-refractivity contribution is -0.385. The first-order chi connectivity index (χ1) is 16.3. The molecule has 1 heterocycles. The summed E-state index contributed by atoms with van der Waals surface area (Å²) in [4.78, 5) is 36.9. The second kappa shape index (κ2) is 10.1. The molecule has 1 aliphatic heterocycles. The summed E-state index contributed by atoms with van der Waals surface area (Å²) in [5.74, 6) is -0.643. The van der Waals surface area contributed by atoms with E-state index in [0.717, 1.165) is 16.7 Å². The number of hydrogen-bond donors (Lipinski definition) is 0. The minimum Gasteiger partial charge on any atom is -0.489 e. The first kappa shape index (κ1) is 23.5. The van der Waals surface area contributed by atoms with Gasteiger partial charge in [0.25, 0.3) is 16.8 Å². The first-order valence-corrected chi connectivity index (χ1v) is 11.2. The van der Waals surface area contributed by atoms with Gasteiger partial charge in [-0.3, -0.25) is 24.6 Å². The second-order valence-electron chi connectivity index (χ2n) is 7.21. The van der Waals surface area contributed by atoms with Crippen molar-refractivity contribution in [3.63, 3.8) is 0 Å². The zero-order chi connectivity index (χ0) is 24.2. The Balaban J connectivity index is 1.44. The minimum absolute atomic E-state index is 0.0217. The highest BCUT2D eigenvalue weighted by molar-refractivity contribution is 8.18. The fourth-order valence-corrected chi connectivity index (χ4v) is 4.32. The molecule has 0 bridgehead atoms. The van der Waals surface area contributed by atoms with Gasteiger partial charge in [-0.2, -0.15) is 0 Å². The number of benzene rings is 3. The van der Waals surface area contributed by atoms with E-state index in [2.05, 4.69) is 0 Å². The Bertz CT molecular complexity index is 1290. The molecule has 1 saturated heterocycles. The molecule has 3 aromatic rings. The van der Waals surface area contributed by atoms with E-state index in [0.29, 0.717) is 16.9 Å². The number of ether oxygens (including phenoxy) is 1. The third-order valence-electron chi connectivity index (χ3n) is 5.01. The van der Waals surface area contributed by atoms with Crippen LogP contribution in [-0.4, -0.2) is 21.0 Å². The summed E-state index contributed by atoms with van der Waals surface area (Å²) in [6.45, 7) is -0.236. The van der Waals surface area contributed by atoms with Crippen LogP contribution in [0.2, 0.25) is 5.02 Å². The molecule has 1 aliphatic rings. The van der Waals surface area contributed by atoms with Gasteiger partial charge in [0.1, 0.15) is 18.2 Å². The molecule has 7 nitrogen and oxygen atoms in total. The lowest BCUT2D eigenvalue weighted by atomic mass is 10.1. The van der Waals surface area contributed by atoms with Crippen LogP contribution < -0.4 is 4.74 Å². The normalized spacial score (nSPS) is 14.6. The molecule has 2 amide bonds. The van der Waals surface area contributed by atoms with Crippen molar-refractivity contribution in [2.45, 2.75) is 13.2 Å². The maximum atomic E-state index is 14.1. The van der Waals surface area contributed by atoms with Crippen molar-refractivity contribution < 1.29 is 23.6 Å². The number of amides is 2. The predicted octanol–water partition coefficient (Wildman–Crippen LogP) is 6.20. The van der Waals surface area contributed by atoms with Gasteiger partial charge in [-0.05, 0) is 53.7 Å². The van der Waals surface area contributed by atoms with E-state index in [1.807, 2.05) is 0 Å². The maximum absolute atomic E-state index is 14.1. The smallest absolute Gasteiger partial charge is 0.293 e. The number of imide groups is 1. The summed E-state index contributed by atoms with van der Waals surface area (Å²) in [6, 6.07) is 17.2. The van der Waals surface area contributed by atoms with Crippen LogP contribution in [0, 0.1) is 15.9 Å². The Morgan fingerprint density at radius 1 is 1.06 bits per heavy atom. The third-order valence-corrected chi connectivity index (χ3v) is 6.27. The molecule has 4 rings (SSSR count). The Labute approximate surface area is 202 Å². The van der Waals surface area contributed by atoms with Crippen LogP contribution in [-0.2, 0) is 17.9 Å². The van der Waals surface area contributed by atoms with Crippen LogP contribution in [0.5, 0.6) is 5.75 Å². The van der Waals surface area contributed by atoms with E-state index >= 15 is 0 Å². The maximum Gasteiger partial charge on any atom is 0.293 e. The molecule has 34 heavy (non-hydrogen) atoms. The van der Waals surface area contributed by atoms with Crippen LogP contribution in [0.4, 0.5) is 14.9 Å². The van der Waals surface area contributed by atoms with Crippen molar-refractivity contribution in [1.29, 1.82) is 0 Å². The number of thioether (sulfide) groups is 1. The number of carbonyl (C=O) groups excluding carboxylic acids is 2. The Kier molecular flexibility index (Phi) is 6.95. The summed E-state index contributed by atoms with van der Waals surface area (Å²) in [5.41, 5.74) is 1.15. The van der Waals surface area contributed by atoms with Gasteiger partial charge < -0.3 is 4.74 Å². The summed E-state index contributed by atoms with van der Waals surface area (Å²) in [5, 5.41) is 10.7. The van der Waals surface area contributed by atoms with E-state index in [1.54, 1.807) is 48.5 Å². The van der Waals surface area contributed by atoms with E-state index in [4.69, 9.17) is 16.3 Å². The van der Waals surface area contributed by atoms with Gasteiger partial charge in [0, 0.05) is 16.7 Å². The molecule has 0 spiro atoms. The van der Waals surface area contributed by atoms with E-state index in [9.17, 15) is 24.1 Å². The zero-order valence-corrected chi connectivity index (χ0v) is 19.0. The van der Waals surface area contributed by atoms with Gasteiger partial charge in [-0.25, -0.2) is 4.39 Å². The average molecular weight is 499 g/mol. The van der Waals surface area contributed by atoms with Crippen molar-refractivity contribution in [3.8, 4) is 5.75 Å². The fourth-order valence-electron chi connectivity index (χ4n) is 3.26. The van der Waals surface area contributed by atoms with Crippen molar-refractivity contribution >= 4 is 46.3 Å². The topological polar surface area (TPSA) is 89.7 Å². The summed E-state index contributed by atoms with van der Waals surface area (Å²) >= 11 is 6.78. The Hall–Kier alpha value is -3.69. The summed E-state index contributed by atoms with van der Waals surface area (Å²) < 4.78 is 19.7. The number of rotatable bonds is 7. The highest BCUT2D eigenvalue weighted by atomic mass is 35.5. The highest BCUT2D eigenvalue weighted by Crippen LogP contribution is 2.35. The molecule has 0 radical (unpaired) electrons. The van der Waals surface area contributed by atoms with Gasteiger partial charge >= 0.3 is 0 Å². The molecular weight excluding hydrogens is 483 g/mol. The first-order valence-electron chi connectivity index (χ1n) is 9.97. The number of halogens is 2. The van der Waals surface area contributed by atoms with E-state index < -0.39 is 21.9 Å². The van der Waals surface area contributed by atoms with E-state index in [-0.39, 0.29) is 34.3 Å². The Morgan fingerprint density at radius 3 is 2.50 bits per heavy atom. The highest BCUT2D eigenvalue weighted by Gasteiger charge is 2.35.